The second kappa shape index (κ2) is 6.81. The van der Waals surface area contributed by atoms with Gasteiger partial charge in [-0.2, -0.15) is 0 Å². The highest BCUT2D eigenvalue weighted by molar-refractivity contribution is 8.06. The molecule has 0 unspecified atom stereocenters. The molecule has 1 aliphatic carbocycles. The van der Waals surface area contributed by atoms with Crippen molar-refractivity contribution in [3.05, 3.63) is 82.6 Å². The lowest BCUT2D eigenvalue weighted by Gasteiger charge is -2.12. The number of hydrogen-bond donors (Lipinski definition) is 0. The third kappa shape index (κ3) is 3.59. The van der Waals surface area contributed by atoms with Crippen LogP contribution < -0.4 is 0 Å². The van der Waals surface area contributed by atoms with Gasteiger partial charge in [0.15, 0.2) is 5.78 Å². The zero-order valence-corrected chi connectivity index (χ0v) is 13.2. The zero-order valence-electron chi connectivity index (χ0n) is 11.6. The van der Waals surface area contributed by atoms with Crippen LogP contribution in [0.3, 0.4) is 0 Å². The Morgan fingerprint density at radius 1 is 0.591 bits per heavy atom. The van der Waals surface area contributed by atoms with Crippen LogP contribution in [-0.4, -0.2) is 11.6 Å². The Kier molecular flexibility index (Phi) is 4.61. The fraction of sp³-hybridized carbons (Fsp3) is 0. The average molecular weight is 324 g/mol. The van der Waals surface area contributed by atoms with Gasteiger partial charge in [-0.25, -0.2) is 0 Å². The highest BCUT2D eigenvalue weighted by atomic mass is 32.2. The van der Waals surface area contributed by atoms with Gasteiger partial charge in [-0.05, 0) is 24.3 Å². The number of ketones is 2. The van der Waals surface area contributed by atoms with E-state index in [1.54, 1.807) is 0 Å². The minimum atomic E-state index is -0.142. The molecule has 3 rings (SSSR count). The quantitative estimate of drug-likeness (QED) is 0.776. The normalized spacial score (nSPS) is 14.5. The SMILES string of the molecule is O=C1C=C(Sc2ccccc2)C(=O)C(Sc2ccccc2)=C1. The number of hydrogen-bond acceptors (Lipinski definition) is 4. The molecule has 0 radical (unpaired) electrons. The number of benzene rings is 2. The van der Waals surface area contributed by atoms with Gasteiger partial charge in [0.25, 0.3) is 0 Å². The Labute approximate surface area is 137 Å². The lowest BCUT2D eigenvalue weighted by molar-refractivity contribution is -0.114. The highest BCUT2D eigenvalue weighted by Crippen LogP contribution is 2.36. The summed E-state index contributed by atoms with van der Waals surface area (Å²) < 4.78 is 0. The molecule has 0 bridgehead atoms. The van der Waals surface area contributed by atoms with Gasteiger partial charge < -0.3 is 0 Å². The summed E-state index contributed by atoms with van der Waals surface area (Å²) in [5.74, 6) is -0.237. The molecule has 0 fully saturated rings. The Morgan fingerprint density at radius 2 is 1.00 bits per heavy atom. The molecule has 2 nitrogen and oxygen atoms in total. The lowest BCUT2D eigenvalue weighted by Crippen LogP contribution is -2.10. The molecule has 0 saturated heterocycles. The van der Waals surface area contributed by atoms with Crippen LogP contribution in [-0.2, 0) is 9.59 Å². The van der Waals surface area contributed by atoms with Crippen molar-refractivity contribution in [1.82, 2.24) is 0 Å². The molecular formula is C18H12O2S2. The van der Waals surface area contributed by atoms with E-state index >= 15 is 0 Å². The maximum absolute atomic E-state index is 12.5. The largest absolute Gasteiger partial charge is 0.290 e. The van der Waals surface area contributed by atoms with Crippen LogP contribution in [0, 0.1) is 0 Å². The summed E-state index contributed by atoms with van der Waals surface area (Å²) in [7, 11) is 0. The first-order valence-corrected chi connectivity index (χ1v) is 8.33. The Balaban J connectivity index is 1.80. The van der Waals surface area contributed by atoms with E-state index in [0.717, 1.165) is 9.79 Å². The molecule has 4 heteroatoms. The third-order valence-electron chi connectivity index (χ3n) is 2.94. The number of Topliss-reactive ketones (excluding diaryl/α,β-unsaturated/α-hetero) is 1. The van der Waals surface area contributed by atoms with Crippen LogP contribution in [0.5, 0.6) is 0 Å². The van der Waals surface area contributed by atoms with Crippen molar-refractivity contribution in [3.63, 3.8) is 0 Å². The topological polar surface area (TPSA) is 34.1 Å². The van der Waals surface area contributed by atoms with E-state index in [4.69, 9.17) is 0 Å². The first kappa shape index (κ1) is 14.9. The van der Waals surface area contributed by atoms with Crippen LogP contribution in [0.25, 0.3) is 0 Å². The van der Waals surface area contributed by atoms with Crippen molar-refractivity contribution in [2.24, 2.45) is 0 Å². The van der Waals surface area contributed by atoms with Crippen molar-refractivity contribution in [1.29, 1.82) is 0 Å². The van der Waals surface area contributed by atoms with Crippen LogP contribution in [0.15, 0.2) is 92.4 Å². The van der Waals surface area contributed by atoms with Crippen molar-refractivity contribution in [2.75, 3.05) is 0 Å². The molecule has 0 aromatic heterocycles. The number of allylic oxidation sites excluding steroid dienone is 4. The molecule has 1 aliphatic rings. The smallest absolute Gasteiger partial charge is 0.206 e. The average Bonchev–Trinajstić information content (AvgIpc) is 2.54. The molecule has 0 N–H and O–H groups in total. The summed E-state index contributed by atoms with van der Waals surface area (Å²) in [5, 5.41) is 0. The van der Waals surface area contributed by atoms with Crippen LogP contribution >= 0.6 is 23.5 Å². The molecule has 2 aromatic carbocycles. The van der Waals surface area contributed by atoms with E-state index in [-0.39, 0.29) is 11.6 Å². The number of carbonyl (C=O) groups is 2. The van der Waals surface area contributed by atoms with E-state index in [1.165, 1.54) is 35.7 Å². The van der Waals surface area contributed by atoms with Gasteiger partial charge >= 0.3 is 0 Å². The van der Waals surface area contributed by atoms with Crippen molar-refractivity contribution in [2.45, 2.75) is 9.79 Å². The Morgan fingerprint density at radius 3 is 1.41 bits per heavy atom. The molecule has 0 heterocycles. The molecule has 0 spiro atoms. The second-order valence-electron chi connectivity index (χ2n) is 4.58. The van der Waals surface area contributed by atoms with Gasteiger partial charge in [0.2, 0.25) is 5.78 Å². The Bertz CT molecular complexity index is 699. The van der Waals surface area contributed by atoms with Crippen LogP contribution in [0.2, 0.25) is 0 Å². The molecule has 0 aliphatic heterocycles. The van der Waals surface area contributed by atoms with E-state index < -0.39 is 0 Å². The summed E-state index contributed by atoms with van der Waals surface area (Å²) in [4.78, 5) is 27.3. The maximum atomic E-state index is 12.5. The maximum Gasteiger partial charge on any atom is 0.206 e. The minimum absolute atomic E-state index is 0.0951. The fourth-order valence-electron chi connectivity index (χ4n) is 1.94. The number of thioether (sulfide) groups is 2. The predicted octanol–water partition coefficient (Wildman–Crippen LogP) is 4.49. The Hall–Kier alpha value is -2.04. The molecule has 0 amide bonds. The summed E-state index contributed by atoms with van der Waals surface area (Å²) in [6, 6.07) is 19.2. The van der Waals surface area contributed by atoms with E-state index in [2.05, 4.69) is 0 Å². The van der Waals surface area contributed by atoms with E-state index in [0.29, 0.717) is 9.81 Å². The molecule has 0 atom stereocenters. The molecule has 2 aromatic rings. The van der Waals surface area contributed by atoms with Gasteiger partial charge in [-0.15, -0.1) is 0 Å². The second-order valence-corrected chi connectivity index (χ2v) is 6.81. The number of carbonyl (C=O) groups excluding carboxylic acids is 2. The molecular weight excluding hydrogens is 312 g/mol. The standard InChI is InChI=1S/C18H12O2S2/c19-13-11-16(21-14-7-3-1-4-8-14)18(20)17(12-13)22-15-9-5-2-6-10-15/h1-12H. The van der Waals surface area contributed by atoms with Gasteiger partial charge in [0, 0.05) is 21.9 Å². The highest BCUT2D eigenvalue weighted by Gasteiger charge is 2.23. The fourth-order valence-corrected chi connectivity index (χ4v) is 3.85. The van der Waals surface area contributed by atoms with E-state index in [1.807, 2.05) is 60.7 Å². The lowest BCUT2D eigenvalue weighted by atomic mass is 10.2. The summed E-state index contributed by atoms with van der Waals surface area (Å²) in [6.07, 6.45) is 2.82. The summed E-state index contributed by atoms with van der Waals surface area (Å²) in [6.45, 7) is 0. The number of rotatable bonds is 4. The molecule has 108 valence electrons. The van der Waals surface area contributed by atoms with Crippen LogP contribution in [0.1, 0.15) is 0 Å². The minimum Gasteiger partial charge on any atom is -0.290 e. The van der Waals surface area contributed by atoms with Crippen LogP contribution in [0.4, 0.5) is 0 Å². The van der Waals surface area contributed by atoms with Crippen molar-refractivity contribution >= 4 is 35.1 Å². The molecule has 0 saturated carbocycles. The third-order valence-corrected chi connectivity index (χ3v) is 5.00. The molecule has 22 heavy (non-hydrogen) atoms. The first-order chi connectivity index (χ1) is 10.7. The summed E-state index contributed by atoms with van der Waals surface area (Å²) >= 11 is 2.65. The van der Waals surface area contributed by atoms with Gasteiger partial charge in [0.05, 0.1) is 9.81 Å². The van der Waals surface area contributed by atoms with Gasteiger partial charge in [-0.3, -0.25) is 9.59 Å². The first-order valence-electron chi connectivity index (χ1n) is 6.70. The van der Waals surface area contributed by atoms with Gasteiger partial charge in [-0.1, -0.05) is 59.9 Å². The predicted molar refractivity (Wildman–Crippen MR) is 90.8 cm³/mol. The van der Waals surface area contributed by atoms with Gasteiger partial charge in [0.1, 0.15) is 0 Å². The zero-order chi connectivity index (χ0) is 15.4. The van der Waals surface area contributed by atoms with Crippen molar-refractivity contribution < 1.29 is 9.59 Å². The van der Waals surface area contributed by atoms with Crippen molar-refractivity contribution in [3.8, 4) is 0 Å². The van der Waals surface area contributed by atoms with E-state index in [9.17, 15) is 9.59 Å². The summed E-state index contributed by atoms with van der Waals surface area (Å²) in [5.41, 5.74) is 0. The monoisotopic (exact) mass is 324 g/mol.